The monoisotopic (exact) mass is 353 g/mol. The zero-order valence-corrected chi connectivity index (χ0v) is 15.5. The summed E-state index contributed by atoms with van der Waals surface area (Å²) in [6.45, 7) is 0.517. The van der Waals surface area contributed by atoms with Gasteiger partial charge in [0, 0.05) is 24.4 Å². The Kier molecular flexibility index (Phi) is 3.67. The van der Waals surface area contributed by atoms with Crippen LogP contribution in [0.25, 0.3) is 0 Å². The minimum absolute atomic E-state index is 0.0230. The third-order valence-corrected chi connectivity index (χ3v) is 7.37. The highest BCUT2D eigenvalue weighted by atomic mass is 16.5. The van der Waals surface area contributed by atoms with E-state index in [2.05, 4.69) is 18.2 Å². The summed E-state index contributed by atoms with van der Waals surface area (Å²) in [5.41, 5.74) is 4.52. The molecule has 1 saturated heterocycles. The second-order valence-corrected chi connectivity index (χ2v) is 9.10. The maximum Gasteiger partial charge on any atom is 0.306 e. The minimum atomic E-state index is -0.0968. The molecule has 26 heavy (non-hydrogen) atoms. The first kappa shape index (κ1) is 16.3. The number of benzene rings is 1. The number of esters is 1. The second kappa shape index (κ2) is 5.83. The van der Waals surface area contributed by atoms with Crippen LogP contribution in [0.2, 0.25) is 0 Å². The molecule has 4 nitrogen and oxygen atoms in total. The van der Waals surface area contributed by atoms with Crippen molar-refractivity contribution in [1.82, 2.24) is 4.90 Å². The smallest absolute Gasteiger partial charge is 0.306 e. The average molecular weight is 353 g/mol. The molecule has 138 valence electrons. The summed E-state index contributed by atoms with van der Waals surface area (Å²) in [5, 5.41) is 0. The molecule has 0 atom stereocenters. The van der Waals surface area contributed by atoms with Crippen molar-refractivity contribution in [2.24, 2.45) is 11.3 Å². The van der Waals surface area contributed by atoms with Gasteiger partial charge in [0.15, 0.2) is 0 Å². The van der Waals surface area contributed by atoms with Gasteiger partial charge in [-0.15, -0.1) is 0 Å². The number of hydrogen-bond donors (Lipinski definition) is 0. The summed E-state index contributed by atoms with van der Waals surface area (Å²) in [7, 11) is 1.97. The van der Waals surface area contributed by atoms with Gasteiger partial charge in [-0.1, -0.05) is 18.2 Å². The number of cyclic esters (lactones) is 1. The zero-order valence-electron chi connectivity index (χ0n) is 15.5. The number of ether oxygens (including phenoxy) is 1. The first-order valence-electron chi connectivity index (χ1n) is 10.1. The largest absolute Gasteiger partial charge is 0.465 e. The number of amides is 1. The van der Waals surface area contributed by atoms with E-state index in [-0.39, 0.29) is 23.2 Å². The number of hydrogen-bond acceptors (Lipinski definition) is 3. The fourth-order valence-electron chi connectivity index (χ4n) is 5.55. The van der Waals surface area contributed by atoms with Gasteiger partial charge >= 0.3 is 5.97 Å². The van der Waals surface area contributed by atoms with Gasteiger partial charge in [-0.05, 0) is 67.6 Å². The van der Waals surface area contributed by atoms with Crippen molar-refractivity contribution >= 4 is 11.9 Å². The van der Waals surface area contributed by atoms with Gasteiger partial charge in [0.25, 0.3) is 0 Å². The van der Waals surface area contributed by atoms with Gasteiger partial charge in [0.05, 0.1) is 13.0 Å². The van der Waals surface area contributed by atoms with E-state index in [4.69, 9.17) is 4.74 Å². The Hall–Kier alpha value is -1.84. The van der Waals surface area contributed by atoms with Gasteiger partial charge in [0.2, 0.25) is 5.91 Å². The Labute approximate surface area is 154 Å². The molecule has 4 heteroatoms. The van der Waals surface area contributed by atoms with E-state index in [9.17, 15) is 9.59 Å². The summed E-state index contributed by atoms with van der Waals surface area (Å²) in [4.78, 5) is 26.1. The lowest BCUT2D eigenvalue weighted by molar-refractivity contribution is -0.146. The molecular weight excluding hydrogens is 326 g/mol. The SMILES string of the molecule is CN(C(=O)C1CC2(COC(=O)C2)C1)C1CC(c2ccc3c(c2)CCC3)C1. The predicted molar refractivity (Wildman–Crippen MR) is 97.7 cm³/mol. The Morgan fingerprint density at radius 2 is 1.96 bits per heavy atom. The molecular formula is C22H27NO3. The van der Waals surface area contributed by atoms with Crippen molar-refractivity contribution in [3.05, 3.63) is 34.9 Å². The number of aryl methyl sites for hydroxylation is 2. The van der Waals surface area contributed by atoms with E-state index >= 15 is 0 Å². The highest BCUT2D eigenvalue weighted by Gasteiger charge is 2.53. The summed E-state index contributed by atoms with van der Waals surface area (Å²) in [6, 6.07) is 7.41. The van der Waals surface area contributed by atoms with Crippen LogP contribution in [0, 0.1) is 11.3 Å². The second-order valence-electron chi connectivity index (χ2n) is 9.10. The van der Waals surface area contributed by atoms with Gasteiger partial charge in [-0.25, -0.2) is 0 Å². The highest BCUT2D eigenvalue weighted by molar-refractivity contribution is 5.81. The summed E-state index contributed by atoms with van der Waals surface area (Å²) < 4.78 is 5.11. The maximum atomic E-state index is 12.8. The van der Waals surface area contributed by atoms with Crippen molar-refractivity contribution < 1.29 is 14.3 Å². The molecule has 1 aromatic rings. The fourth-order valence-corrected chi connectivity index (χ4v) is 5.55. The van der Waals surface area contributed by atoms with Crippen molar-refractivity contribution in [1.29, 1.82) is 0 Å². The van der Waals surface area contributed by atoms with Gasteiger partial charge in [-0.2, -0.15) is 0 Å². The molecule has 0 N–H and O–H groups in total. The molecule has 1 amide bonds. The van der Waals surface area contributed by atoms with Crippen LogP contribution < -0.4 is 0 Å². The summed E-state index contributed by atoms with van der Waals surface area (Å²) in [6.07, 6.45) is 8.08. The van der Waals surface area contributed by atoms with Crippen LogP contribution in [0.15, 0.2) is 18.2 Å². The Morgan fingerprint density at radius 1 is 1.19 bits per heavy atom. The summed E-state index contributed by atoms with van der Waals surface area (Å²) >= 11 is 0. The quantitative estimate of drug-likeness (QED) is 0.784. The van der Waals surface area contributed by atoms with Gasteiger partial charge in [-0.3, -0.25) is 9.59 Å². The minimum Gasteiger partial charge on any atom is -0.465 e. The fraction of sp³-hybridized carbons (Fsp3) is 0.636. The maximum absolute atomic E-state index is 12.8. The zero-order chi connectivity index (χ0) is 17.9. The van der Waals surface area contributed by atoms with Crippen molar-refractivity contribution in [2.75, 3.05) is 13.7 Å². The molecule has 2 saturated carbocycles. The molecule has 3 aliphatic carbocycles. The molecule has 0 aromatic heterocycles. The highest BCUT2D eigenvalue weighted by Crippen LogP contribution is 2.52. The van der Waals surface area contributed by atoms with Crippen molar-refractivity contribution in [3.63, 3.8) is 0 Å². The number of rotatable bonds is 3. The van der Waals surface area contributed by atoms with E-state index < -0.39 is 0 Å². The third-order valence-electron chi connectivity index (χ3n) is 7.37. The van der Waals surface area contributed by atoms with E-state index in [1.54, 1.807) is 5.56 Å². The van der Waals surface area contributed by atoms with Crippen LogP contribution in [0.3, 0.4) is 0 Å². The Morgan fingerprint density at radius 3 is 2.69 bits per heavy atom. The van der Waals surface area contributed by atoms with Crippen LogP contribution in [0.5, 0.6) is 0 Å². The van der Waals surface area contributed by atoms with Crippen molar-refractivity contribution in [3.8, 4) is 0 Å². The molecule has 4 aliphatic rings. The number of carbonyl (C=O) groups excluding carboxylic acids is 2. The predicted octanol–water partition coefficient (Wildman–Crippen LogP) is 3.22. The molecule has 0 bridgehead atoms. The normalized spacial score (nSPS) is 34.8. The lowest BCUT2D eigenvalue weighted by Gasteiger charge is -2.47. The topological polar surface area (TPSA) is 46.6 Å². The molecule has 3 fully saturated rings. The molecule has 1 heterocycles. The standard InChI is InChI=1S/C22H27NO3/c1-23(21(25)18-10-22(11-18)12-20(24)26-13-22)19-8-17(9-19)16-6-5-14-3-2-4-15(14)7-16/h5-7,17-19H,2-4,8-13H2,1H3. The molecule has 1 spiro atoms. The summed E-state index contributed by atoms with van der Waals surface area (Å²) in [5.74, 6) is 0.871. The van der Waals surface area contributed by atoms with Crippen LogP contribution in [0.1, 0.15) is 61.1 Å². The molecule has 1 aliphatic heterocycles. The Bertz CT molecular complexity index is 759. The van der Waals surface area contributed by atoms with Crippen LogP contribution >= 0.6 is 0 Å². The number of fused-ring (bicyclic) bond motifs is 1. The Balaban J connectivity index is 1.15. The van der Waals surface area contributed by atoms with Gasteiger partial charge < -0.3 is 9.64 Å². The van der Waals surface area contributed by atoms with Crippen molar-refractivity contribution in [2.45, 2.75) is 63.3 Å². The number of carbonyl (C=O) groups is 2. The van der Waals surface area contributed by atoms with Crippen LogP contribution in [0.4, 0.5) is 0 Å². The van der Waals surface area contributed by atoms with Crippen LogP contribution in [-0.4, -0.2) is 36.5 Å². The van der Waals surface area contributed by atoms with E-state index in [1.807, 2.05) is 11.9 Å². The van der Waals surface area contributed by atoms with Crippen LogP contribution in [-0.2, 0) is 27.2 Å². The molecule has 5 rings (SSSR count). The third kappa shape index (κ3) is 2.57. The lowest BCUT2D eigenvalue weighted by atomic mass is 9.61. The van der Waals surface area contributed by atoms with E-state index in [1.165, 1.54) is 30.4 Å². The van der Waals surface area contributed by atoms with Gasteiger partial charge in [0.1, 0.15) is 0 Å². The number of nitrogens with zero attached hydrogens (tertiary/aromatic N) is 1. The molecule has 0 radical (unpaired) electrons. The molecule has 0 unspecified atom stereocenters. The lowest BCUT2D eigenvalue weighted by Crippen LogP contribution is -2.51. The first-order chi connectivity index (χ1) is 12.5. The van der Waals surface area contributed by atoms with E-state index in [0.29, 0.717) is 25.0 Å². The average Bonchev–Trinajstić information content (AvgIpc) is 3.17. The first-order valence-corrected chi connectivity index (χ1v) is 10.1. The molecule has 1 aromatic carbocycles. The van der Waals surface area contributed by atoms with E-state index in [0.717, 1.165) is 25.7 Å².